The minimum atomic E-state index is -0.428. The first kappa shape index (κ1) is 19.9. The van der Waals surface area contributed by atoms with Crippen LogP contribution in [0.2, 0.25) is 10.0 Å². The molecule has 0 aliphatic carbocycles. The van der Waals surface area contributed by atoms with Crippen LogP contribution in [0.5, 0.6) is 5.75 Å². The fourth-order valence-electron chi connectivity index (χ4n) is 2.82. The molecule has 1 amide bonds. The van der Waals surface area contributed by atoms with Gasteiger partial charge in [-0.05, 0) is 72.8 Å². The van der Waals surface area contributed by atoms with E-state index in [1.54, 1.807) is 60.3 Å². The van der Waals surface area contributed by atoms with Crippen LogP contribution in [0.25, 0.3) is 17.1 Å². The number of hydrogen-bond acceptors (Lipinski definition) is 4. The van der Waals surface area contributed by atoms with Crippen molar-refractivity contribution in [2.45, 2.75) is 0 Å². The second-order valence-corrected chi connectivity index (χ2v) is 7.21. The van der Waals surface area contributed by atoms with E-state index in [9.17, 15) is 4.79 Å². The summed E-state index contributed by atoms with van der Waals surface area (Å²) >= 11 is 12.0. The minimum Gasteiger partial charge on any atom is -0.497 e. The number of nitrogens with zero attached hydrogens (tertiary/aromatic N) is 3. The van der Waals surface area contributed by atoms with Gasteiger partial charge in [-0.3, -0.25) is 4.79 Å². The van der Waals surface area contributed by atoms with Crippen LogP contribution in [0, 0.1) is 0 Å². The highest BCUT2D eigenvalue weighted by molar-refractivity contribution is 6.30. The Kier molecular flexibility index (Phi) is 5.70. The van der Waals surface area contributed by atoms with Gasteiger partial charge in [0, 0.05) is 21.3 Å². The zero-order valence-electron chi connectivity index (χ0n) is 15.8. The first-order chi connectivity index (χ1) is 14.5. The number of aromatic nitrogens is 3. The quantitative estimate of drug-likeness (QED) is 0.446. The lowest BCUT2D eigenvalue weighted by Gasteiger charge is -2.06. The van der Waals surface area contributed by atoms with E-state index < -0.39 is 5.91 Å². The molecule has 0 unspecified atom stereocenters. The summed E-state index contributed by atoms with van der Waals surface area (Å²) in [6.45, 7) is 0. The molecule has 4 aromatic rings. The molecule has 1 N–H and O–H groups in total. The average molecular weight is 439 g/mol. The van der Waals surface area contributed by atoms with Crippen LogP contribution in [0.3, 0.4) is 0 Å². The van der Waals surface area contributed by atoms with E-state index in [0.717, 1.165) is 11.3 Å². The second kappa shape index (κ2) is 8.57. The molecule has 1 heterocycles. The van der Waals surface area contributed by atoms with Gasteiger partial charge in [-0.15, -0.1) is 5.10 Å². The van der Waals surface area contributed by atoms with Gasteiger partial charge in [-0.2, -0.15) is 0 Å². The monoisotopic (exact) mass is 438 g/mol. The van der Waals surface area contributed by atoms with Crippen molar-refractivity contribution < 1.29 is 9.53 Å². The third-order valence-electron chi connectivity index (χ3n) is 4.33. The van der Waals surface area contributed by atoms with Crippen molar-refractivity contribution in [2.75, 3.05) is 12.4 Å². The van der Waals surface area contributed by atoms with Gasteiger partial charge in [0.1, 0.15) is 5.75 Å². The normalized spacial score (nSPS) is 10.6. The summed E-state index contributed by atoms with van der Waals surface area (Å²) in [6, 6.07) is 21.3. The molecule has 150 valence electrons. The molecule has 0 bridgehead atoms. The average Bonchev–Trinajstić information content (AvgIpc) is 3.21. The summed E-state index contributed by atoms with van der Waals surface area (Å²) in [5.74, 6) is 0.811. The van der Waals surface area contributed by atoms with E-state index >= 15 is 0 Å². The lowest BCUT2D eigenvalue weighted by Crippen LogP contribution is -2.14. The molecule has 0 aliphatic heterocycles. The molecule has 0 saturated heterocycles. The van der Waals surface area contributed by atoms with E-state index in [1.165, 1.54) is 0 Å². The third kappa shape index (κ3) is 4.30. The highest BCUT2D eigenvalue weighted by Gasteiger charge is 2.19. The molecule has 0 spiro atoms. The Bertz CT molecular complexity index is 1110. The van der Waals surface area contributed by atoms with E-state index in [0.29, 0.717) is 27.3 Å². The summed E-state index contributed by atoms with van der Waals surface area (Å²) in [5.41, 5.74) is 2.10. The van der Waals surface area contributed by atoms with Crippen LogP contribution in [0.4, 0.5) is 5.69 Å². The fraction of sp³-hybridized carbons (Fsp3) is 0.0455. The van der Waals surface area contributed by atoms with Gasteiger partial charge in [0.25, 0.3) is 5.91 Å². The maximum absolute atomic E-state index is 12.8. The van der Waals surface area contributed by atoms with Crippen molar-refractivity contribution in [3.63, 3.8) is 0 Å². The number of nitrogens with one attached hydrogen (secondary N) is 1. The summed E-state index contributed by atoms with van der Waals surface area (Å²) in [5, 5.41) is 8.43. The SMILES string of the molecule is COc1ccc(NC(=O)c2nc(-c3ccc(Cl)cc3)n(-c3ccc(Cl)cc3)n2)cc1. The van der Waals surface area contributed by atoms with Crippen molar-refractivity contribution in [3.8, 4) is 22.8 Å². The Morgan fingerprint density at radius 3 is 2.10 bits per heavy atom. The summed E-state index contributed by atoms with van der Waals surface area (Å²) in [4.78, 5) is 17.3. The van der Waals surface area contributed by atoms with Crippen LogP contribution in [0.1, 0.15) is 10.6 Å². The number of methoxy groups -OCH3 is 1. The maximum atomic E-state index is 12.8. The molecule has 0 radical (unpaired) electrons. The maximum Gasteiger partial charge on any atom is 0.295 e. The van der Waals surface area contributed by atoms with Crippen molar-refractivity contribution in [2.24, 2.45) is 0 Å². The Balaban J connectivity index is 1.71. The number of carbonyl (C=O) groups excluding carboxylic acids is 1. The number of anilines is 1. The fourth-order valence-corrected chi connectivity index (χ4v) is 3.07. The molecule has 6 nitrogen and oxygen atoms in total. The van der Waals surface area contributed by atoms with Crippen molar-refractivity contribution >= 4 is 34.8 Å². The first-order valence-corrected chi connectivity index (χ1v) is 9.73. The minimum absolute atomic E-state index is 0.0331. The standard InChI is InChI=1S/C22H16Cl2N4O2/c1-30-19-12-8-17(9-13-19)25-22(29)20-26-21(14-2-4-15(23)5-3-14)28(27-20)18-10-6-16(24)7-11-18/h2-13H,1H3,(H,25,29). The Morgan fingerprint density at radius 2 is 1.50 bits per heavy atom. The van der Waals surface area contributed by atoms with Crippen molar-refractivity contribution in [3.05, 3.63) is 88.7 Å². The molecular weight excluding hydrogens is 423 g/mol. The van der Waals surface area contributed by atoms with Gasteiger partial charge in [-0.1, -0.05) is 23.2 Å². The van der Waals surface area contributed by atoms with E-state index in [2.05, 4.69) is 15.4 Å². The predicted octanol–water partition coefficient (Wildman–Crippen LogP) is 5.50. The van der Waals surface area contributed by atoms with Crippen LogP contribution in [-0.4, -0.2) is 27.8 Å². The number of halogens is 2. The number of rotatable bonds is 5. The number of amides is 1. The molecular formula is C22H16Cl2N4O2. The molecule has 0 atom stereocenters. The van der Waals surface area contributed by atoms with Crippen LogP contribution >= 0.6 is 23.2 Å². The van der Waals surface area contributed by atoms with Crippen LogP contribution in [-0.2, 0) is 0 Å². The van der Waals surface area contributed by atoms with Gasteiger partial charge in [-0.25, -0.2) is 9.67 Å². The van der Waals surface area contributed by atoms with E-state index in [1.807, 2.05) is 24.3 Å². The second-order valence-electron chi connectivity index (χ2n) is 6.34. The molecule has 8 heteroatoms. The zero-order valence-corrected chi connectivity index (χ0v) is 17.4. The van der Waals surface area contributed by atoms with Crippen LogP contribution < -0.4 is 10.1 Å². The Morgan fingerprint density at radius 1 is 0.900 bits per heavy atom. The number of ether oxygens (including phenoxy) is 1. The molecule has 3 aromatic carbocycles. The highest BCUT2D eigenvalue weighted by Crippen LogP contribution is 2.24. The largest absolute Gasteiger partial charge is 0.497 e. The zero-order chi connectivity index (χ0) is 21.1. The molecule has 30 heavy (non-hydrogen) atoms. The predicted molar refractivity (Wildman–Crippen MR) is 118 cm³/mol. The van der Waals surface area contributed by atoms with Crippen LogP contribution in [0.15, 0.2) is 72.8 Å². The van der Waals surface area contributed by atoms with Gasteiger partial charge < -0.3 is 10.1 Å². The molecule has 0 aliphatic rings. The van der Waals surface area contributed by atoms with Crippen molar-refractivity contribution in [1.82, 2.24) is 14.8 Å². The lowest BCUT2D eigenvalue weighted by molar-refractivity contribution is 0.101. The van der Waals surface area contributed by atoms with E-state index in [4.69, 9.17) is 27.9 Å². The molecule has 0 saturated carbocycles. The van der Waals surface area contributed by atoms with Gasteiger partial charge in [0.2, 0.25) is 5.82 Å². The van der Waals surface area contributed by atoms with Crippen molar-refractivity contribution in [1.29, 1.82) is 0 Å². The van der Waals surface area contributed by atoms with Gasteiger partial charge in [0.05, 0.1) is 12.8 Å². The third-order valence-corrected chi connectivity index (χ3v) is 4.84. The molecule has 1 aromatic heterocycles. The smallest absolute Gasteiger partial charge is 0.295 e. The summed E-state index contributed by atoms with van der Waals surface area (Å²) < 4.78 is 6.73. The van der Waals surface area contributed by atoms with Gasteiger partial charge in [0.15, 0.2) is 5.82 Å². The lowest BCUT2D eigenvalue weighted by atomic mass is 10.2. The highest BCUT2D eigenvalue weighted by atomic mass is 35.5. The topological polar surface area (TPSA) is 69.0 Å². The number of carbonyl (C=O) groups is 1. The molecule has 0 fully saturated rings. The summed E-state index contributed by atoms with van der Waals surface area (Å²) in [7, 11) is 1.58. The Labute approximate surface area is 183 Å². The summed E-state index contributed by atoms with van der Waals surface area (Å²) in [6.07, 6.45) is 0. The van der Waals surface area contributed by atoms with Gasteiger partial charge >= 0.3 is 0 Å². The molecule has 4 rings (SSSR count). The Hall–Kier alpha value is -3.35. The first-order valence-electron chi connectivity index (χ1n) is 8.98. The number of hydrogen-bond donors (Lipinski definition) is 1. The van der Waals surface area contributed by atoms with E-state index in [-0.39, 0.29) is 5.82 Å². The number of benzene rings is 3.